The van der Waals surface area contributed by atoms with Crippen LogP contribution in [0.1, 0.15) is 0 Å². The van der Waals surface area contributed by atoms with Gasteiger partial charge in [-0.05, 0) is 5.53 Å². The Kier molecular flexibility index (Phi) is 6.90. The van der Waals surface area contributed by atoms with Gasteiger partial charge in [-0.15, -0.1) is 0 Å². The second kappa shape index (κ2) is 8.53. The third kappa shape index (κ3) is 4.02. The molecule has 13 heteroatoms. The summed E-state index contributed by atoms with van der Waals surface area (Å²) in [6.07, 6.45) is -15.4. The van der Waals surface area contributed by atoms with Crippen molar-refractivity contribution in [3.8, 4) is 0 Å². The predicted octanol–water partition coefficient (Wildman–Crippen LogP) is -4.08. The maximum absolute atomic E-state index is 10.1. The van der Waals surface area contributed by atoms with Crippen molar-refractivity contribution >= 4 is 0 Å². The van der Waals surface area contributed by atoms with Crippen molar-refractivity contribution in [3.05, 3.63) is 10.4 Å². The summed E-state index contributed by atoms with van der Waals surface area (Å²) in [7, 11) is 0. The smallest absolute Gasteiger partial charge is 0.187 e. The molecule has 25 heavy (non-hydrogen) atoms. The molecule has 0 amide bonds. The van der Waals surface area contributed by atoms with Gasteiger partial charge in [-0.25, -0.2) is 0 Å². The molecule has 0 spiro atoms. The van der Waals surface area contributed by atoms with Gasteiger partial charge in [0, 0.05) is 4.91 Å². The molecule has 7 N–H and O–H groups in total. The maximum atomic E-state index is 10.1. The highest BCUT2D eigenvalue weighted by atomic mass is 16.7. The number of hydrogen-bond acceptors (Lipinski definition) is 11. The normalized spacial score (nSPS) is 48.0. The second-order valence-corrected chi connectivity index (χ2v) is 5.73. The summed E-state index contributed by atoms with van der Waals surface area (Å²) in [5, 5.41) is 71.1. The van der Waals surface area contributed by atoms with E-state index in [1.807, 2.05) is 0 Å². The minimum atomic E-state index is -1.74. The van der Waals surface area contributed by atoms with Gasteiger partial charge in [0.1, 0.15) is 48.8 Å². The Morgan fingerprint density at radius 3 is 2.04 bits per heavy atom. The van der Waals surface area contributed by atoms with Crippen LogP contribution >= 0.6 is 0 Å². The van der Waals surface area contributed by atoms with Gasteiger partial charge in [-0.2, -0.15) is 0 Å². The van der Waals surface area contributed by atoms with Crippen LogP contribution in [-0.4, -0.2) is 110 Å². The summed E-state index contributed by atoms with van der Waals surface area (Å²) in [4.78, 5) is 2.46. The zero-order valence-corrected chi connectivity index (χ0v) is 12.9. The van der Waals surface area contributed by atoms with E-state index < -0.39 is 74.6 Å². The third-order valence-electron chi connectivity index (χ3n) is 4.14. The lowest BCUT2D eigenvalue weighted by molar-refractivity contribution is -0.341. The van der Waals surface area contributed by atoms with Crippen LogP contribution in [0, 0.1) is 0 Å². The van der Waals surface area contributed by atoms with Crippen molar-refractivity contribution in [2.75, 3.05) is 13.2 Å². The Morgan fingerprint density at radius 2 is 1.48 bits per heavy atom. The van der Waals surface area contributed by atoms with Crippen LogP contribution < -0.4 is 0 Å². The van der Waals surface area contributed by atoms with E-state index in [2.05, 4.69) is 10.0 Å². The second-order valence-electron chi connectivity index (χ2n) is 5.73. The number of aliphatic hydroxyl groups is 7. The summed E-state index contributed by atoms with van der Waals surface area (Å²) in [5.41, 5.74) is 8.42. The first-order valence-electron chi connectivity index (χ1n) is 7.48. The molecule has 2 heterocycles. The zero-order chi connectivity index (χ0) is 18.7. The van der Waals surface area contributed by atoms with Crippen LogP contribution in [0.5, 0.6) is 0 Å². The number of hydrogen-bond donors (Lipinski definition) is 7. The molecule has 0 aliphatic carbocycles. The van der Waals surface area contributed by atoms with Crippen molar-refractivity contribution in [2.45, 2.75) is 61.3 Å². The lowest BCUT2D eigenvalue weighted by Gasteiger charge is -2.45. The van der Waals surface area contributed by atoms with Gasteiger partial charge in [0.05, 0.1) is 13.2 Å². The molecular weight excluding hydrogens is 346 g/mol. The lowest BCUT2D eigenvalue weighted by atomic mass is 9.96. The highest BCUT2D eigenvalue weighted by molar-refractivity contribution is 4.95. The van der Waals surface area contributed by atoms with Crippen LogP contribution in [0.15, 0.2) is 5.11 Å². The molecule has 0 aromatic rings. The number of ether oxygens (including phenoxy) is 3. The van der Waals surface area contributed by atoms with E-state index in [1.54, 1.807) is 0 Å². The molecular formula is C12H21N3O10. The average Bonchev–Trinajstić information content (AvgIpc) is 2.61. The minimum absolute atomic E-state index is 0.681. The molecule has 0 bridgehead atoms. The van der Waals surface area contributed by atoms with E-state index in [0.29, 0.717) is 0 Å². The summed E-state index contributed by atoms with van der Waals surface area (Å²) in [6.45, 7) is -1.37. The zero-order valence-electron chi connectivity index (χ0n) is 12.9. The van der Waals surface area contributed by atoms with Crippen LogP contribution in [0.3, 0.4) is 0 Å². The molecule has 10 atom stereocenters. The van der Waals surface area contributed by atoms with E-state index >= 15 is 0 Å². The first kappa shape index (κ1) is 20.2. The standard InChI is InChI=1S/C12H21N3O10/c13-15-14-11-8(21)7(20)10(4(2-17)23-11)25-12-9(22)6(19)5(18)3(1-16)24-12/h3-12,16-22H,1-2H2/t3-,4-,5+,6+,7-,8-,9-,10+,11-,12-/m1/s1. The van der Waals surface area contributed by atoms with Gasteiger partial charge in [-0.1, -0.05) is 5.11 Å². The molecule has 2 fully saturated rings. The third-order valence-corrected chi connectivity index (χ3v) is 4.14. The van der Waals surface area contributed by atoms with Gasteiger partial charge in [-0.3, -0.25) is 0 Å². The van der Waals surface area contributed by atoms with Crippen molar-refractivity contribution < 1.29 is 50.0 Å². The fourth-order valence-corrected chi connectivity index (χ4v) is 2.72. The van der Waals surface area contributed by atoms with E-state index in [4.69, 9.17) is 24.8 Å². The highest BCUT2D eigenvalue weighted by Gasteiger charge is 2.50. The number of azide groups is 1. The molecule has 2 rings (SSSR count). The largest absolute Gasteiger partial charge is 0.394 e. The molecule has 0 unspecified atom stereocenters. The van der Waals surface area contributed by atoms with Crippen LogP contribution in [0.25, 0.3) is 10.4 Å². The van der Waals surface area contributed by atoms with Crippen molar-refractivity contribution in [1.29, 1.82) is 0 Å². The molecule has 144 valence electrons. The van der Waals surface area contributed by atoms with Gasteiger partial charge < -0.3 is 50.0 Å². The summed E-state index contributed by atoms with van der Waals surface area (Å²) in [6, 6.07) is 0. The Balaban J connectivity index is 2.15. The van der Waals surface area contributed by atoms with Crippen molar-refractivity contribution in [3.63, 3.8) is 0 Å². The molecule has 2 aliphatic rings. The van der Waals surface area contributed by atoms with E-state index in [1.165, 1.54) is 0 Å². The Morgan fingerprint density at radius 1 is 0.840 bits per heavy atom. The molecule has 0 aromatic heterocycles. The summed E-state index contributed by atoms with van der Waals surface area (Å²) in [5.74, 6) is 0. The van der Waals surface area contributed by atoms with E-state index in [0.717, 1.165) is 0 Å². The number of rotatable bonds is 5. The molecule has 0 aromatic carbocycles. The van der Waals surface area contributed by atoms with Crippen LogP contribution in [0.4, 0.5) is 0 Å². The molecule has 0 radical (unpaired) electrons. The molecule has 2 aliphatic heterocycles. The van der Waals surface area contributed by atoms with Crippen molar-refractivity contribution in [1.82, 2.24) is 0 Å². The van der Waals surface area contributed by atoms with Gasteiger partial charge in [0.15, 0.2) is 12.5 Å². The molecule has 13 nitrogen and oxygen atoms in total. The predicted molar refractivity (Wildman–Crippen MR) is 75.5 cm³/mol. The van der Waals surface area contributed by atoms with Gasteiger partial charge in [0.2, 0.25) is 0 Å². The summed E-state index contributed by atoms with van der Waals surface area (Å²) < 4.78 is 15.6. The SMILES string of the molecule is [N-]=[N+]=N[C@@H]1O[C@H](CO)[C@H](O[C@H]2O[C@H](CO)[C@H](O)[C@H](O)[C@H]2O)[C@H](O)[C@H]1O. The topological polar surface area (TPSA) is 218 Å². The maximum Gasteiger partial charge on any atom is 0.187 e. The highest BCUT2D eigenvalue weighted by Crippen LogP contribution is 2.29. The van der Waals surface area contributed by atoms with Gasteiger partial charge >= 0.3 is 0 Å². The average molecular weight is 367 g/mol. The Bertz CT molecular complexity index is 488. The van der Waals surface area contributed by atoms with Crippen molar-refractivity contribution in [2.24, 2.45) is 5.11 Å². The Hall–Kier alpha value is -1.09. The molecule has 0 saturated carbocycles. The number of aliphatic hydroxyl groups excluding tert-OH is 7. The monoisotopic (exact) mass is 367 g/mol. The van der Waals surface area contributed by atoms with Crippen LogP contribution in [0.2, 0.25) is 0 Å². The van der Waals surface area contributed by atoms with Crippen LogP contribution in [-0.2, 0) is 14.2 Å². The fraction of sp³-hybridized carbons (Fsp3) is 1.00. The van der Waals surface area contributed by atoms with E-state index in [-0.39, 0.29) is 0 Å². The van der Waals surface area contributed by atoms with E-state index in [9.17, 15) is 30.6 Å². The first-order chi connectivity index (χ1) is 11.8. The fourth-order valence-electron chi connectivity index (χ4n) is 2.72. The molecule has 2 saturated heterocycles. The first-order valence-corrected chi connectivity index (χ1v) is 7.48. The number of nitrogens with zero attached hydrogens (tertiary/aromatic N) is 3. The quantitative estimate of drug-likeness (QED) is 0.141. The summed E-state index contributed by atoms with van der Waals surface area (Å²) >= 11 is 0. The minimum Gasteiger partial charge on any atom is -0.394 e. The lowest BCUT2D eigenvalue weighted by Crippen LogP contribution is -2.64. The van der Waals surface area contributed by atoms with Gasteiger partial charge in [0.25, 0.3) is 0 Å². The Labute approximate surface area is 141 Å².